The molecule has 4 nitrogen and oxygen atoms in total. The van der Waals surface area contributed by atoms with Gasteiger partial charge in [-0.05, 0) is 26.3 Å². The van der Waals surface area contributed by atoms with Crippen molar-refractivity contribution in [2.45, 2.75) is 19.3 Å². The third-order valence-corrected chi connectivity index (χ3v) is 3.02. The Morgan fingerprint density at radius 3 is 2.71 bits per heavy atom. The highest BCUT2D eigenvalue weighted by Gasteiger charge is 2.17. The van der Waals surface area contributed by atoms with Gasteiger partial charge in [0.2, 0.25) is 0 Å². The Morgan fingerprint density at radius 2 is 2.00 bits per heavy atom. The van der Waals surface area contributed by atoms with Crippen molar-refractivity contribution in [3.63, 3.8) is 0 Å². The quantitative estimate of drug-likeness (QED) is 0.681. The Balaban J connectivity index is 1.72. The molecule has 0 amide bonds. The second-order valence-corrected chi connectivity index (χ2v) is 4.49. The number of hydrogen-bond acceptors (Lipinski definition) is 4. The number of nitrogens with one attached hydrogen (secondary N) is 1. The van der Waals surface area contributed by atoms with E-state index in [2.05, 4.69) is 27.3 Å². The monoisotopic (exact) mass is 198 g/mol. The van der Waals surface area contributed by atoms with Crippen LogP contribution in [0.15, 0.2) is 0 Å². The number of nitrogens with zero attached hydrogens (tertiary/aromatic N) is 3. The summed E-state index contributed by atoms with van der Waals surface area (Å²) in [6.07, 6.45) is 3.98. The van der Waals surface area contributed by atoms with E-state index >= 15 is 0 Å². The van der Waals surface area contributed by atoms with Crippen LogP contribution >= 0.6 is 0 Å². The number of rotatable bonds is 2. The molecule has 82 valence electrons. The average Bonchev–Trinajstić information content (AvgIpc) is 2.19. The summed E-state index contributed by atoms with van der Waals surface area (Å²) in [5.74, 6) is 0. The predicted molar refractivity (Wildman–Crippen MR) is 57.6 cm³/mol. The van der Waals surface area contributed by atoms with Crippen molar-refractivity contribution < 1.29 is 0 Å². The van der Waals surface area contributed by atoms with Gasteiger partial charge in [0.05, 0.1) is 13.3 Å². The summed E-state index contributed by atoms with van der Waals surface area (Å²) in [6, 6.07) is 0. The molecule has 2 fully saturated rings. The predicted octanol–water partition coefficient (Wildman–Crippen LogP) is 0.139. The molecule has 2 heterocycles. The van der Waals surface area contributed by atoms with Crippen molar-refractivity contribution >= 4 is 0 Å². The van der Waals surface area contributed by atoms with Gasteiger partial charge in [-0.15, -0.1) is 0 Å². The normalized spacial score (nSPS) is 28.1. The van der Waals surface area contributed by atoms with Crippen LogP contribution in [0.3, 0.4) is 0 Å². The molecule has 0 aromatic carbocycles. The Hall–Kier alpha value is -0.160. The van der Waals surface area contributed by atoms with Gasteiger partial charge >= 0.3 is 0 Å². The van der Waals surface area contributed by atoms with Crippen molar-refractivity contribution in [3.05, 3.63) is 0 Å². The van der Waals surface area contributed by atoms with E-state index in [9.17, 15) is 0 Å². The van der Waals surface area contributed by atoms with Crippen molar-refractivity contribution in [2.24, 2.45) is 0 Å². The van der Waals surface area contributed by atoms with Crippen LogP contribution in [0.1, 0.15) is 19.3 Å². The molecule has 14 heavy (non-hydrogen) atoms. The van der Waals surface area contributed by atoms with Crippen molar-refractivity contribution in [3.8, 4) is 0 Å². The minimum atomic E-state index is 1.09. The minimum Gasteiger partial charge on any atom is -0.293 e. The molecule has 0 spiro atoms. The summed E-state index contributed by atoms with van der Waals surface area (Å²) in [6.45, 7) is 7.08. The summed E-state index contributed by atoms with van der Waals surface area (Å²) < 4.78 is 0. The standard InChI is InChI=1S/C10H22N4/c1-12-6-4-7-13(9-12)10-14-8-3-2-5-11-14/h11H,2-10H2,1H3. The Bertz CT molecular complexity index is 168. The van der Waals surface area contributed by atoms with E-state index in [-0.39, 0.29) is 0 Å². The lowest BCUT2D eigenvalue weighted by Crippen LogP contribution is -2.53. The van der Waals surface area contributed by atoms with E-state index in [0.717, 1.165) is 19.9 Å². The van der Waals surface area contributed by atoms with Crippen LogP contribution < -0.4 is 5.43 Å². The maximum atomic E-state index is 3.45. The molecule has 0 aromatic heterocycles. The first-order chi connectivity index (χ1) is 6.84. The van der Waals surface area contributed by atoms with E-state index in [1.165, 1.54) is 38.9 Å². The molecule has 0 bridgehead atoms. The first kappa shape index (κ1) is 10.4. The molecule has 2 aliphatic rings. The van der Waals surface area contributed by atoms with Gasteiger partial charge in [0, 0.05) is 26.2 Å². The molecule has 0 aromatic rings. The number of hydrogen-bond donors (Lipinski definition) is 1. The fraction of sp³-hybridized carbons (Fsp3) is 1.00. The van der Waals surface area contributed by atoms with Crippen LogP contribution in [0.25, 0.3) is 0 Å². The Kier molecular flexibility index (Phi) is 3.75. The third-order valence-electron chi connectivity index (χ3n) is 3.02. The molecule has 0 atom stereocenters. The first-order valence-corrected chi connectivity index (χ1v) is 5.74. The Labute approximate surface area is 86.8 Å². The first-order valence-electron chi connectivity index (χ1n) is 5.74. The van der Waals surface area contributed by atoms with Crippen molar-refractivity contribution in [1.82, 2.24) is 20.2 Å². The maximum Gasteiger partial charge on any atom is 0.0656 e. The van der Waals surface area contributed by atoms with Gasteiger partial charge in [-0.1, -0.05) is 0 Å². The fourth-order valence-electron chi connectivity index (χ4n) is 2.27. The highest BCUT2D eigenvalue weighted by Crippen LogP contribution is 2.06. The average molecular weight is 198 g/mol. The van der Waals surface area contributed by atoms with Gasteiger partial charge in [-0.3, -0.25) is 15.2 Å². The van der Waals surface area contributed by atoms with E-state index in [1.54, 1.807) is 0 Å². The summed E-state index contributed by atoms with van der Waals surface area (Å²) in [7, 11) is 2.20. The molecule has 0 saturated carbocycles. The zero-order valence-corrected chi connectivity index (χ0v) is 9.21. The van der Waals surface area contributed by atoms with Gasteiger partial charge in [-0.2, -0.15) is 0 Å². The highest BCUT2D eigenvalue weighted by molar-refractivity contribution is 4.67. The smallest absolute Gasteiger partial charge is 0.0656 e. The molecule has 2 aliphatic heterocycles. The van der Waals surface area contributed by atoms with Crippen LogP contribution in [0.4, 0.5) is 0 Å². The second-order valence-electron chi connectivity index (χ2n) is 4.49. The van der Waals surface area contributed by atoms with Crippen LogP contribution in [0, 0.1) is 0 Å². The van der Waals surface area contributed by atoms with E-state index < -0.39 is 0 Å². The zero-order chi connectivity index (χ0) is 9.80. The van der Waals surface area contributed by atoms with Crippen LogP contribution in [0.2, 0.25) is 0 Å². The van der Waals surface area contributed by atoms with Crippen LogP contribution in [-0.2, 0) is 0 Å². The molecule has 2 saturated heterocycles. The van der Waals surface area contributed by atoms with Crippen LogP contribution in [-0.4, -0.2) is 61.4 Å². The topological polar surface area (TPSA) is 21.8 Å². The minimum absolute atomic E-state index is 1.09. The van der Waals surface area contributed by atoms with E-state index in [0.29, 0.717) is 0 Å². The lowest BCUT2D eigenvalue weighted by Gasteiger charge is -2.38. The van der Waals surface area contributed by atoms with Gasteiger partial charge < -0.3 is 0 Å². The lowest BCUT2D eigenvalue weighted by molar-refractivity contribution is 0.0176. The van der Waals surface area contributed by atoms with Crippen LogP contribution in [0.5, 0.6) is 0 Å². The molecule has 0 radical (unpaired) electrons. The summed E-state index contributed by atoms with van der Waals surface area (Å²) in [5.41, 5.74) is 3.45. The second kappa shape index (κ2) is 5.07. The molecule has 0 unspecified atom stereocenters. The molecule has 2 rings (SSSR count). The maximum absolute atomic E-state index is 3.45. The van der Waals surface area contributed by atoms with Gasteiger partial charge in [0.15, 0.2) is 0 Å². The third kappa shape index (κ3) is 2.92. The SMILES string of the molecule is CN1CCCN(CN2CCCCN2)C1. The summed E-state index contributed by atoms with van der Waals surface area (Å²) in [4.78, 5) is 4.91. The van der Waals surface area contributed by atoms with Gasteiger partial charge in [0.1, 0.15) is 0 Å². The van der Waals surface area contributed by atoms with Crippen molar-refractivity contribution in [2.75, 3.05) is 46.6 Å². The van der Waals surface area contributed by atoms with Gasteiger partial charge in [0.25, 0.3) is 0 Å². The number of hydrazine groups is 1. The molecule has 1 N–H and O–H groups in total. The summed E-state index contributed by atoms with van der Waals surface area (Å²) >= 11 is 0. The molecule has 4 heteroatoms. The van der Waals surface area contributed by atoms with Crippen molar-refractivity contribution in [1.29, 1.82) is 0 Å². The Morgan fingerprint density at radius 1 is 1.07 bits per heavy atom. The fourth-order valence-corrected chi connectivity index (χ4v) is 2.27. The molecular formula is C10H22N4. The molecule has 0 aliphatic carbocycles. The zero-order valence-electron chi connectivity index (χ0n) is 9.21. The molecular weight excluding hydrogens is 176 g/mol. The highest BCUT2D eigenvalue weighted by atomic mass is 15.6. The lowest BCUT2D eigenvalue weighted by atomic mass is 10.2. The summed E-state index contributed by atoms with van der Waals surface area (Å²) in [5, 5.41) is 2.36. The van der Waals surface area contributed by atoms with E-state index in [4.69, 9.17) is 0 Å². The largest absolute Gasteiger partial charge is 0.293 e. The van der Waals surface area contributed by atoms with E-state index in [1.807, 2.05) is 0 Å². The van der Waals surface area contributed by atoms with Gasteiger partial charge in [-0.25, -0.2) is 5.01 Å².